The van der Waals surface area contributed by atoms with Gasteiger partial charge in [0.05, 0.1) is 12.8 Å². The van der Waals surface area contributed by atoms with E-state index < -0.39 is 0 Å². The maximum atomic E-state index is 5.73. The number of rotatable bonds is 7. The summed E-state index contributed by atoms with van der Waals surface area (Å²) in [6.07, 6.45) is 4.08. The van der Waals surface area contributed by atoms with Crippen LogP contribution in [0.2, 0.25) is 0 Å². The topological polar surface area (TPSA) is 42.4 Å². The molecular formula is C16H22N2O. The normalized spacial score (nSPS) is 10.6. The minimum absolute atomic E-state index is 0.530. The summed E-state index contributed by atoms with van der Waals surface area (Å²) in [4.78, 5) is 2.35. The van der Waals surface area contributed by atoms with Gasteiger partial charge in [-0.05, 0) is 24.6 Å². The molecule has 3 heteroatoms. The second-order valence-electron chi connectivity index (χ2n) is 4.68. The molecule has 1 aromatic carbocycles. The summed E-state index contributed by atoms with van der Waals surface area (Å²) < 4.78 is 5.57. The van der Waals surface area contributed by atoms with Crippen molar-refractivity contribution in [2.45, 2.75) is 32.9 Å². The van der Waals surface area contributed by atoms with Gasteiger partial charge >= 0.3 is 0 Å². The monoisotopic (exact) mass is 258 g/mol. The molecule has 1 heterocycles. The van der Waals surface area contributed by atoms with Crippen LogP contribution in [0.5, 0.6) is 0 Å². The molecule has 0 unspecified atom stereocenters. The molecule has 0 saturated carbocycles. The van der Waals surface area contributed by atoms with E-state index in [0.29, 0.717) is 6.54 Å². The van der Waals surface area contributed by atoms with E-state index >= 15 is 0 Å². The molecule has 0 aliphatic heterocycles. The number of para-hydroxylation sites is 1. The van der Waals surface area contributed by atoms with Crippen molar-refractivity contribution in [3.05, 3.63) is 54.0 Å². The molecule has 0 atom stereocenters. The van der Waals surface area contributed by atoms with Crippen LogP contribution < -0.4 is 10.6 Å². The minimum Gasteiger partial charge on any atom is -0.467 e. The molecule has 2 aromatic rings. The first-order valence-corrected chi connectivity index (χ1v) is 6.90. The molecule has 0 bridgehead atoms. The minimum atomic E-state index is 0.530. The van der Waals surface area contributed by atoms with Gasteiger partial charge in [-0.2, -0.15) is 0 Å². The van der Waals surface area contributed by atoms with Gasteiger partial charge in [-0.1, -0.05) is 31.5 Å². The molecule has 1 aromatic heterocycles. The average molecular weight is 258 g/mol. The summed E-state index contributed by atoms with van der Waals surface area (Å²) in [5, 5.41) is 0. The Morgan fingerprint density at radius 2 is 1.95 bits per heavy atom. The molecule has 0 amide bonds. The van der Waals surface area contributed by atoms with Crippen LogP contribution >= 0.6 is 0 Å². The van der Waals surface area contributed by atoms with Crippen LogP contribution in [0.15, 0.2) is 47.1 Å². The fourth-order valence-corrected chi connectivity index (χ4v) is 2.15. The molecule has 102 valence electrons. The Balaban J connectivity index is 2.14. The Hall–Kier alpha value is -1.74. The molecule has 0 aliphatic rings. The van der Waals surface area contributed by atoms with Crippen molar-refractivity contribution in [3.63, 3.8) is 0 Å². The van der Waals surface area contributed by atoms with E-state index in [0.717, 1.165) is 24.4 Å². The van der Waals surface area contributed by atoms with Crippen molar-refractivity contribution in [2.75, 3.05) is 11.4 Å². The van der Waals surface area contributed by atoms with Crippen LogP contribution in [0.1, 0.15) is 31.1 Å². The molecule has 0 saturated heterocycles. The van der Waals surface area contributed by atoms with Crippen LogP contribution in [0.4, 0.5) is 5.69 Å². The lowest BCUT2D eigenvalue weighted by Gasteiger charge is -2.24. The van der Waals surface area contributed by atoms with Gasteiger partial charge < -0.3 is 15.1 Å². The van der Waals surface area contributed by atoms with Crippen molar-refractivity contribution >= 4 is 5.69 Å². The van der Waals surface area contributed by atoms with Crippen LogP contribution in [0.25, 0.3) is 0 Å². The largest absolute Gasteiger partial charge is 0.467 e. The third-order valence-electron chi connectivity index (χ3n) is 3.29. The van der Waals surface area contributed by atoms with Crippen LogP contribution in [0.3, 0.4) is 0 Å². The standard InChI is InChI=1S/C16H22N2O/c1-2-3-10-18(15-7-5-4-6-8-15)13-16-14(12-17)9-11-19-16/h4-9,11H,2-3,10,12-13,17H2,1H3. The van der Waals surface area contributed by atoms with Gasteiger partial charge in [0.15, 0.2) is 0 Å². The molecule has 0 fully saturated rings. The van der Waals surface area contributed by atoms with Crippen molar-refractivity contribution in [1.29, 1.82) is 0 Å². The molecule has 2 rings (SSSR count). The van der Waals surface area contributed by atoms with Gasteiger partial charge in [-0.25, -0.2) is 0 Å². The molecule has 19 heavy (non-hydrogen) atoms. The number of hydrogen-bond acceptors (Lipinski definition) is 3. The first-order chi connectivity index (χ1) is 9.35. The highest BCUT2D eigenvalue weighted by atomic mass is 16.3. The number of benzene rings is 1. The van der Waals surface area contributed by atoms with E-state index in [1.54, 1.807) is 6.26 Å². The zero-order valence-corrected chi connectivity index (χ0v) is 11.5. The molecular weight excluding hydrogens is 236 g/mol. The molecule has 3 nitrogen and oxygen atoms in total. The van der Waals surface area contributed by atoms with Crippen LogP contribution in [0, 0.1) is 0 Å². The van der Waals surface area contributed by atoms with Crippen molar-refractivity contribution in [1.82, 2.24) is 0 Å². The third-order valence-corrected chi connectivity index (χ3v) is 3.29. The van der Waals surface area contributed by atoms with E-state index in [9.17, 15) is 0 Å². The number of nitrogens with zero attached hydrogens (tertiary/aromatic N) is 1. The van der Waals surface area contributed by atoms with Gasteiger partial charge in [-0.3, -0.25) is 0 Å². The van der Waals surface area contributed by atoms with Gasteiger partial charge in [0.2, 0.25) is 0 Å². The van der Waals surface area contributed by atoms with Crippen molar-refractivity contribution in [3.8, 4) is 0 Å². The Morgan fingerprint density at radius 1 is 1.16 bits per heavy atom. The molecule has 0 aliphatic carbocycles. The lowest BCUT2D eigenvalue weighted by molar-refractivity contribution is 0.495. The molecule has 2 N–H and O–H groups in total. The quantitative estimate of drug-likeness (QED) is 0.826. The van der Waals surface area contributed by atoms with Crippen molar-refractivity contribution in [2.24, 2.45) is 5.73 Å². The van der Waals surface area contributed by atoms with Gasteiger partial charge in [0.1, 0.15) is 5.76 Å². The van der Waals surface area contributed by atoms with E-state index in [4.69, 9.17) is 10.2 Å². The molecule has 0 spiro atoms. The van der Waals surface area contributed by atoms with Crippen LogP contribution in [-0.2, 0) is 13.1 Å². The van der Waals surface area contributed by atoms with Gasteiger partial charge in [0, 0.05) is 24.3 Å². The fourth-order valence-electron chi connectivity index (χ4n) is 2.15. The van der Waals surface area contributed by atoms with Crippen LogP contribution in [-0.4, -0.2) is 6.54 Å². The predicted octanol–water partition coefficient (Wildman–Crippen LogP) is 3.55. The Labute approximate surface area is 115 Å². The summed E-state index contributed by atoms with van der Waals surface area (Å²) in [6.45, 7) is 4.55. The lowest BCUT2D eigenvalue weighted by atomic mass is 10.2. The summed E-state index contributed by atoms with van der Waals surface area (Å²) >= 11 is 0. The highest BCUT2D eigenvalue weighted by Gasteiger charge is 2.11. The Morgan fingerprint density at radius 3 is 2.63 bits per heavy atom. The Bertz CT molecular complexity index is 479. The summed E-state index contributed by atoms with van der Waals surface area (Å²) in [5.74, 6) is 0.974. The summed E-state index contributed by atoms with van der Waals surface area (Å²) in [6, 6.07) is 12.4. The van der Waals surface area contributed by atoms with Crippen molar-refractivity contribution < 1.29 is 4.42 Å². The number of hydrogen-bond donors (Lipinski definition) is 1. The number of nitrogens with two attached hydrogens (primary N) is 1. The van der Waals surface area contributed by atoms with Gasteiger partial charge in [-0.15, -0.1) is 0 Å². The third kappa shape index (κ3) is 3.61. The SMILES string of the molecule is CCCCN(Cc1occc1CN)c1ccccc1. The summed E-state index contributed by atoms with van der Waals surface area (Å²) in [5.41, 5.74) is 8.06. The first kappa shape index (κ1) is 13.7. The summed E-state index contributed by atoms with van der Waals surface area (Å²) in [7, 11) is 0. The maximum Gasteiger partial charge on any atom is 0.127 e. The first-order valence-electron chi connectivity index (χ1n) is 6.90. The van der Waals surface area contributed by atoms with E-state index in [-0.39, 0.29) is 0 Å². The van der Waals surface area contributed by atoms with E-state index in [1.807, 2.05) is 12.1 Å². The second-order valence-corrected chi connectivity index (χ2v) is 4.68. The average Bonchev–Trinajstić information content (AvgIpc) is 2.91. The van der Waals surface area contributed by atoms with Gasteiger partial charge in [0.25, 0.3) is 0 Å². The maximum absolute atomic E-state index is 5.73. The highest BCUT2D eigenvalue weighted by molar-refractivity contribution is 5.46. The molecule has 0 radical (unpaired) electrons. The smallest absolute Gasteiger partial charge is 0.127 e. The number of furan rings is 1. The zero-order valence-electron chi connectivity index (χ0n) is 11.5. The number of anilines is 1. The highest BCUT2D eigenvalue weighted by Crippen LogP contribution is 2.20. The van der Waals surface area contributed by atoms with E-state index in [1.165, 1.54) is 18.5 Å². The fraction of sp³-hybridized carbons (Fsp3) is 0.375. The zero-order chi connectivity index (χ0) is 13.5. The Kier molecular flexibility index (Phi) is 5.04. The number of unbranched alkanes of at least 4 members (excludes halogenated alkanes) is 1. The second kappa shape index (κ2) is 7.00. The van der Waals surface area contributed by atoms with E-state index in [2.05, 4.69) is 36.1 Å². The predicted molar refractivity (Wildman–Crippen MR) is 79.0 cm³/mol. The lowest BCUT2D eigenvalue weighted by Crippen LogP contribution is -2.24.